The molecule has 0 radical (unpaired) electrons. The van der Waals surface area contributed by atoms with Gasteiger partial charge in [-0.1, -0.05) is 26.7 Å². The van der Waals surface area contributed by atoms with Gasteiger partial charge in [0.15, 0.2) is 0 Å². The summed E-state index contributed by atoms with van der Waals surface area (Å²) in [5.41, 5.74) is 5.41. The van der Waals surface area contributed by atoms with E-state index in [0.717, 1.165) is 32.4 Å². The number of nitrogens with two attached hydrogens (primary N) is 1. The van der Waals surface area contributed by atoms with Gasteiger partial charge >= 0.3 is 0 Å². The van der Waals surface area contributed by atoms with Crippen molar-refractivity contribution in [3.05, 3.63) is 0 Å². The van der Waals surface area contributed by atoms with Crippen molar-refractivity contribution in [1.29, 1.82) is 5.41 Å². The Labute approximate surface area is 111 Å². The third-order valence-electron chi connectivity index (χ3n) is 4.20. The molecule has 0 aromatic carbocycles. The first kappa shape index (κ1) is 15.4. The molecular formula is C14H29N3O. The van der Waals surface area contributed by atoms with Gasteiger partial charge in [-0.25, -0.2) is 0 Å². The van der Waals surface area contributed by atoms with Crippen molar-refractivity contribution < 1.29 is 5.11 Å². The fourth-order valence-corrected chi connectivity index (χ4v) is 2.37. The van der Waals surface area contributed by atoms with E-state index < -0.39 is 0 Å². The van der Waals surface area contributed by atoms with E-state index in [0.29, 0.717) is 6.04 Å². The fourth-order valence-electron chi connectivity index (χ4n) is 2.37. The summed E-state index contributed by atoms with van der Waals surface area (Å²) >= 11 is 0. The number of aliphatic hydroxyl groups excluding tert-OH is 1. The molecule has 1 aliphatic carbocycles. The summed E-state index contributed by atoms with van der Waals surface area (Å²) in [7, 11) is 0. The van der Waals surface area contributed by atoms with Gasteiger partial charge in [0.1, 0.15) is 0 Å². The van der Waals surface area contributed by atoms with E-state index in [4.69, 9.17) is 16.2 Å². The number of rotatable bonds is 9. The number of hydrogen-bond donors (Lipinski definition) is 3. The highest BCUT2D eigenvalue weighted by atomic mass is 16.3. The molecule has 0 unspecified atom stereocenters. The van der Waals surface area contributed by atoms with Crippen LogP contribution in [-0.2, 0) is 0 Å². The maximum atomic E-state index is 9.08. The van der Waals surface area contributed by atoms with Crippen molar-refractivity contribution in [2.45, 2.75) is 58.4 Å². The minimum atomic E-state index is -0.168. The van der Waals surface area contributed by atoms with Crippen LogP contribution < -0.4 is 5.73 Å². The quantitative estimate of drug-likeness (QED) is 0.335. The summed E-state index contributed by atoms with van der Waals surface area (Å²) in [4.78, 5) is 2.42. The van der Waals surface area contributed by atoms with Crippen LogP contribution >= 0.6 is 0 Å². The summed E-state index contributed by atoms with van der Waals surface area (Å²) in [6.07, 6.45) is 7.12. The van der Waals surface area contributed by atoms with Crippen LogP contribution in [0.5, 0.6) is 0 Å². The van der Waals surface area contributed by atoms with Crippen LogP contribution in [0.15, 0.2) is 0 Å². The lowest BCUT2D eigenvalue weighted by Crippen LogP contribution is -2.42. The van der Waals surface area contributed by atoms with Crippen molar-refractivity contribution in [3.63, 3.8) is 0 Å². The molecule has 0 amide bonds. The van der Waals surface area contributed by atoms with Crippen LogP contribution in [0.2, 0.25) is 0 Å². The number of hydrogen-bond acceptors (Lipinski definition) is 3. The molecule has 1 saturated carbocycles. The van der Waals surface area contributed by atoms with Gasteiger partial charge in [0, 0.05) is 18.0 Å². The number of nitrogens with zero attached hydrogens (tertiary/aromatic N) is 1. The van der Waals surface area contributed by atoms with Crippen LogP contribution in [0, 0.1) is 10.8 Å². The lowest BCUT2D eigenvalue weighted by atomic mass is 9.86. The highest BCUT2D eigenvalue weighted by Gasteiger charge is 2.25. The molecule has 0 aliphatic heterocycles. The van der Waals surface area contributed by atoms with E-state index in [1.54, 1.807) is 0 Å². The third-order valence-corrected chi connectivity index (χ3v) is 4.20. The topological polar surface area (TPSA) is 73.3 Å². The van der Waals surface area contributed by atoms with Gasteiger partial charge < -0.3 is 10.8 Å². The van der Waals surface area contributed by atoms with E-state index >= 15 is 0 Å². The summed E-state index contributed by atoms with van der Waals surface area (Å²) in [5, 5.41) is 16.6. The van der Waals surface area contributed by atoms with Crippen LogP contribution in [0.25, 0.3) is 0 Å². The predicted octanol–water partition coefficient (Wildman–Crippen LogP) is 1.97. The Bertz CT molecular complexity index is 262. The molecular weight excluding hydrogens is 226 g/mol. The zero-order valence-corrected chi connectivity index (χ0v) is 11.9. The lowest BCUT2D eigenvalue weighted by Gasteiger charge is -2.37. The minimum Gasteiger partial charge on any atom is -0.395 e. The molecule has 0 saturated heterocycles. The van der Waals surface area contributed by atoms with Gasteiger partial charge in [0.2, 0.25) is 0 Å². The summed E-state index contributed by atoms with van der Waals surface area (Å²) < 4.78 is 0. The molecule has 0 aromatic rings. The zero-order valence-electron chi connectivity index (χ0n) is 11.9. The second-order valence-electron chi connectivity index (χ2n) is 6.10. The normalized spacial score (nSPS) is 16.9. The zero-order chi connectivity index (χ0) is 13.6. The van der Waals surface area contributed by atoms with E-state index in [1.807, 2.05) is 13.8 Å². The largest absolute Gasteiger partial charge is 0.395 e. The van der Waals surface area contributed by atoms with Gasteiger partial charge in [-0.2, -0.15) is 0 Å². The van der Waals surface area contributed by atoms with Gasteiger partial charge in [-0.05, 0) is 32.2 Å². The van der Waals surface area contributed by atoms with Crippen LogP contribution in [0.1, 0.15) is 52.4 Å². The first-order valence-electron chi connectivity index (χ1n) is 7.17. The van der Waals surface area contributed by atoms with Crippen molar-refractivity contribution >= 4 is 5.84 Å². The molecule has 1 aliphatic rings. The van der Waals surface area contributed by atoms with Gasteiger partial charge in [-0.15, -0.1) is 0 Å². The lowest BCUT2D eigenvalue weighted by molar-refractivity contribution is 0.0989. The monoisotopic (exact) mass is 255 g/mol. The first-order chi connectivity index (χ1) is 8.47. The van der Waals surface area contributed by atoms with E-state index in [-0.39, 0.29) is 17.9 Å². The Morgan fingerprint density at radius 3 is 2.44 bits per heavy atom. The summed E-state index contributed by atoms with van der Waals surface area (Å²) in [6, 6.07) is 0.706. The smallest absolute Gasteiger partial charge is 0.0963 e. The predicted molar refractivity (Wildman–Crippen MR) is 75.8 cm³/mol. The van der Waals surface area contributed by atoms with Gasteiger partial charge in [0.05, 0.1) is 12.4 Å². The Balaban J connectivity index is 2.20. The maximum Gasteiger partial charge on any atom is 0.0963 e. The molecule has 4 nitrogen and oxygen atoms in total. The third kappa shape index (κ3) is 4.58. The average Bonchev–Trinajstić information content (AvgIpc) is 2.21. The summed E-state index contributed by atoms with van der Waals surface area (Å²) in [5.74, 6) is 0.286. The Morgan fingerprint density at radius 2 is 2.00 bits per heavy atom. The molecule has 1 fully saturated rings. The molecule has 106 valence electrons. The molecule has 4 heteroatoms. The number of aliphatic hydroxyl groups is 1. The maximum absolute atomic E-state index is 9.08. The molecule has 0 aromatic heterocycles. The molecule has 0 atom stereocenters. The minimum absolute atomic E-state index is 0.168. The number of nitrogens with one attached hydrogen (secondary N) is 1. The molecule has 4 N–H and O–H groups in total. The average molecular weight is 255 g/mol. The molecule has 0 heterocycles. The van der Waals surface area contributed by atoms with Crippen molar-refractivity contribution in [1.82, 2.24) is 4.90 Å². The van der Waals surface area contributed by atoms with Crippen LogP contribution in [-0.4, -0.2) is 41.6 Å². The highest BCUT2D eigenvalue weighted by Crippen LogP contribution is 2.26. The molecule has 0 bridgehead atoms. The summed E-state index contributed by atoms with van der Waals surface area (Å²) in [6.45, 7) is 6.20. The SMILES string of the molecule is CC(C)(CCCCN(CCO)C1CCC1)C(=N)N. The second kappa shape index (κ2) is 7.10. The van der Waals surface area contributed by atoms with Gasteiger partial charge in [0.25, 0.3) is 0 Å². The fraction of sp³-hybridized carbons (Fsp3) is 0.929. The Hall–Kier alpha value is -0.610. The number of amidine groups is 1. The van der Waals surface area contributed by atoms with Crippen LogP contribution in [0.3, 0.4) is 0 Å². The first-order valence-corrected chi connectivity index (χ1v) is 7.17. The Morgan fingerprint density at radius 1 is 1.33 bits per heavy atom. The molecule has 0 spiro atoms. The van der Waals surface area contributed by atoms with E-state index in [1.165, 1.54) is 19.3 Å². The van der Waals surface area contributed by atoms with Gasteiger partial charge in [-0.3, -0.25) is 10.3 Å². The highest BCUT2D eigenvalue weighted by molar-refractivity contribution is 5.82. The standard InChI is InChI=1S/C14H29N3O/c1-14(2,13(15)16)8-3-4-9-17(10-11-18)12-6-5-7-12/h12,18H,3-11H2,1-2H3,(H3,15,16). The molecule has 1 rings (SSSR count). The van der Waals surface area contributed by atoms with E-state index in [2.05, 4.69) is 4.90 Å². The Kier molecular flexibility index (Phi) is 6.09. The number of unbranched alkanes of at least 4 members (excludes halogenated alkanes) is 1. The van der Waals surface area contributed by atoms with Crippen molar-refractivity contribution in [3.8, 4) is 0 Å². The second-order valence-corrected chi connectivity index (χ2v) is 6.10. The van der Waals surface area contributed by atoms with Crippen molar-refractivity contribution in [2.75, 3.05) is 19.7 Å². The van der Waals surface area contributed by atoms with Crippen molar-refractivity contribution in [2.24, 2.45) is 11.1 Å². The molecule has 18 heavy (non-hydrogen) atoms. The van der Waals surface area contributed by atoms with Crippen LogP contribution in [0.4, 0.5) is 0 Å². The van der Waals surface area contributed by atoms with E-state index in [9.17, 15) is 0 Å².